The lowest BCUT2D eigenvalue weighted by Gasteiger charge is -2.24. The number of nitrogens with one attached hydrogen (secondary N) is 1. The Morgan fingerprint density at radius 1 is 1.14 bits per heavy atom. The first-order valence-corrected chi connectivity index (χ1v) is 5.47. The number of nitrogens with zero attached hydrogens (tertiary/aromatic N) is 1. The highest BCUT2D eigenvalue weighted by Gasteiger charge is 2.08. The molecule has 0 amide bonds. The molecule has 1 aliphatic heterocycles. The Labute approximate surface area is 88.1 Å². The molecule has 80 valence electrons. The van der Waals surface area contributed by atoms with Crippen LogP contribution in [0.3, 0.4) is 0 Å². The van der Waals surface area contributed by atoms with Crippen LogP contribution in [-0.4, -0.2) is 37.6 Å². The maximum Gasteiger partial charge on any atom is 0.0602 e. The lowest BCUT2D eigenvalue weighted by molar-refractivity contribution is 0.268. The Bertz CT molecular complexity index is 211. The van der Waals surface area contributed by atoms with Gasteiger partial charge in [-0.15, -0.1) is 5.92 Å². The summed E-state index contributed by atoms with van der Waals surface area (Å²) in [5.41, 5.74) is 0.344. The SMILES string of the molecule is CC(C)(C)CC#CCN1CCNCC1. The summed E-state index contributed by atoms with van der Waals surface area (Å²) in [5.74, 6) is 6.52. The van der Waals surface area contributed by atoms with Crippen LogP contribution >= 0.6 is 0 Å². The summed E-state index contributed by atoms with van der Waals surface area (Å²) >= 11 is 0. The molecule has 0 spiro atoms. The van der Waals surface area contributed by atoms with Gasteiger partial charge in [-0.2, -0.15) is 0 Å². The molecule has 0 atom stereocenters. The molecule has 0 aromatic rings. The van der Waals surface area contributed by atoms with E-state index in [1.165, 1.54) is 0 Å². The second-order valence-corrected chi connectivity index (χ2v) is 5.12. The molecule has 2 nitrogen and oxygen atoms in total. The summed E-state index contributed by atoms with van der Waals surface area (Å²) in [6.07, 6.45) is 0.999. The van der Waals surface area contributed by atoms with Gasteiger partial charge in [0.25, 0.3) is 0 Å². The minimum atomic E-state index is 0.344. The van der Waals surface area contributed by atoms with Crippen LogP contribution in [-0.2, 0) is 0 Å². The molecule has 0 aromatic carbocycles. The topological polar surface area (TPSA) is 15.3 Å². The second-order valence-electron chi connectivity index (χ2n) is 5.12. The van der Waals surface area contributed by atoms with Gasteiger partial charge in [-0.3, -0.25) is 4.90 Å². The van der Waals surface area contributed by atoms with Crippen molar-refractivity contribution in [2.24, 2.45) is 5.41 Å². The summed E-state index contributed by atoms with van der Waals surface area (Å²) in [6.45, 7) is 12.1. The maximum absolute atomic E-state index is 3.34. The zero-order valence-electron chi connectivity index (χ0n) is 9.69. The van der Waals surface area contributed by atoms with E-state index in [1.807, 2.05) is 0 Å². The highest BCUT2D eigenvalue weighted by Crippen LogP contribution is 2.16. The molecule has 0 bridgehead atoms. The lowest BCUT2D eigenvalue weighted by Crippen LogP contribution is -2.43. The van der Waals surface area contributed by atoms with Crippen molar-refractivity contribution in [1.82, 2.24) is 10.2 Å². The van der Waals surface area contributed by atoms with Crippen molar-refractivity contribution in [1.29, 1.82) is 0 Å². The van der Waals surface area contributed by atoms with Crippen LogP contribution in [0, 0.1) is 17.3 Å². The van der Waals surface area contributed by atoms with Crippen molar-refractivity contribution in [3.63, 3.8) is 0 Å². The predicted octanol–water partition coefficient (Wildman–Crippen LogP) is 1.33. The lowest BCUT2D eigenvalue weighted by atomic mass is 9.93. The highest BCUT2D eigenvalue weighted by molar-refractivity contribution is 5.03. The molecule has 1 saturated heterocycles. The van der Waals surface area contributed by atoms with Gasteiger partial charge in [-0.25, -0.2) is 0 Å². The molecular weight excluding hydrogens is 172 g/mol. The van der Waals surface area contributed by atoms with E-state index in [0.717, 1.165) is 39.1 Å². The predicted molar refractivity (Wildman–Crippen MR) is 61.2 cm³/mol. The Kier molecular flexibility index (Phi) is 4.44. The minimum Gasteiger partial charge on any atom is -0.314 e. The maximum atomic E-state index is 3.34. The second kappa shape index (κ2) is 5.38. The van der Waals surface area contributed by atoms with E-state index < -0.39 is 0 Å². The van der Waals surface area contributed by atoms with Crippen LogP contribution in [0.2, 0.25) is 0 Å². The van der Waals surface area contributed by atoms with Crippen molar-refractivity contribution in [3.05, 3.63) is 0 Å². The fraction of sp³-hybridized carbons (Fsp3) is 0.833. The van der Waals surface area contributed by atoms with Crippen molar-refractivity contribution >= 4 is 0 Å². The molecule has 1 aliphatic rings. The summed E-state index contributed by atoms with van der Waals surface area (Å²) in [4.78, 5) is 2.41. The zero-order chi connectivity index (χ0) is 10.4. The smallest absolute Gasteiger partial charge is 0.0602 e. The van der Waals surface area contributed by atoms with Crippen LogP contribution in [0.15, 0.2) is 0 Å². The van der Waals surface area contributed by atoms with Gasteiger partial charge in [-0.05, 0) is 5.41 Å². The molecule has 14 heavy (non-hydrogen) atoms. The highest BCUT2D eigenvalue weighted by atomic mass is 15.2. The third-order valence-electron chi connectivity index (χ3n) is 2.26. The summed E-state index contributed by atoms with van der Waals surface area (Å²) in [7, 11) is 0. The molecule has 0 aromatic heterocycles. The van der Waals surface area contributed by atoms with Crippen LogP contribution in [0.25, 0.3) is 0 Å². The molecule has 0 saturated carbocycles. The monoisotopic (exact) mass is 194 g/mol. The van der Waals surface area contributed by atoms with E-state index in [1.54, 1.807) is 0 Å². The molecule has 1 fully saturated rings. The Hall–Kier alpha value is -0.520. The largest absolute Gasteiger partial charge is 0.314 e. The molecular formula is C12H22N2. The van der Waals surface area contributed by atoms with E-state index in [4.69, 9.17) is 0 Å². The number of hydrogen-bond donors (Lipinski definition) is 1. The van der Waals surface area contributed by atoms with Crippen molar-refractivity contribution < 1.29 is 0 Å². The molecule has 2 heteroatoms. The van der Waals surface area contributed by atoms with Crippen molar-refractivity contribution in [2.75, 3.05) is 32.7 Å². The van der Waals surface area contributed by atoms with Gasteiger partial charge >= 0.3 is 0 Å². The van der Waals surface area contributed by atoms with Gasteiger partial charge in [-0.1, -0.05) is 26.7 Å². The molecule has 1 heterocycles. The summed E-state index contributed by atoms with van der Waals surface area (Å²) < 4.78 is 0. The Morgan fingerprint density at radius 3 is 2.36 bits per heavy atom. The van der Waals surface area contributed by atoms with Gasteiger partial charge in [0.05, 0.1) is 6.54 Å². The average molecular weight is 194 g/mol. The first-order chi connectivity index (χ1) is 6.58. The van der Waals surface area contributed by atoms with Crippen LogP contribution < -0.4 is 5.32 Å². The van der Waals surface area contributed by atoms with E-state index in [0.29, 0.717) is 5.41 Å². The van der Waals surface area contributed by atoms with Crippen LogP contribution in [0.4, 0.5) is 0 Å². The fourth-order valence-corrected chi connectivity index (χ4v) is 1.36. The molecule has 1 N–H and O–H groups in total. The number of piperazine rings is 1. The summed E-state index contributed by atoms with van der Waals surface area (Å²) in [6, 6.07) is 0. The van der Waals surface area contributed by atoms with E-state index in [2.05, 4.69) is 42.8 Å². The van der Waals surface area contributed by atoms with E-state index in [-0.39, 0.29) is 0 Å². The molecule has 0 aliphatic carbocycles. The molecule has 1 rings (SSSR count). The third kappa shape index (κ3) is 5.26. The standard InChI is InChI=1S/C12H22N2/c1-12(2,3)6-4-5-9-14-10-7-13-8-11-14/h13H,6-11H2,1-3H3. The van der Waals surface area contributed by atoms with Crippen LogP contribution in [0.5, 0.6) is 0 Å². The first kappa shape index (κ1) is 11.6. The van der Waals surface area contributed by atoms with Gasteiger partial charge in [0.2, 0.25) is 0 Å². The average Bonchev–Trinajstić information content (AvgIpc) is 2.13. The minimum absolute atomic E-state index is 0.344. The Morgan fingerprint density at radius 2 is 1.79 bits per heavy atom. The van der Waals surface area contributed by atoms with E-state index in [9.17, 15) is 0 Å². The normalized spacial score (nSPS) is 18.8. The van der Waals surface area contributed by atoms with E-state index >= 15 is 0 Å². The first-order valence-electron chi connectivity index (χ1n) is 5.47. The fourth-order valence-electron chi connectivity index (χ4n) is 1.36. The molecule has 0 radical (unpaired) electrons. The van der Waals surface area contributed by atoms with Gasteiger partial charge < -0.3 is 5.32 Å². The summed E-state index contributed by atoms with van der Waals surface area (Å²) in [5, 5.41) is 3.34. The van der Waals surface area contributed by atoms with Gasteiger partial charge in [0.1, 0.15) is 0 Å². The Balaban J connectivity index is 2.18. The third-order valence-corrected chi connectivity index (χ3v) is 2.26. The number of rotatable bonds is 1. The molecule has 0 unspecified atom stereocenters. The van der Waals surface area contributed by atoms with Crippen LogP contribution in [0.1, 0.15) is 27.2 Å². The van der Waals surface area contributed by atoms with Gasteiger partial charge in [0.15, 0.2) is 0 Å². The van der Waals surface area contributed by atoms with Gasteiger partial charge in [0, 0.05) is 32.6 Å². The zero-order valence-corrected chi connectivity index (χ0v) is 9.69. The van der Waals surface area contributed by atoms with Crippen molar-refractivity contribution in [2.45, 2.75) is 27.2 Å². The van der Waals surface area contributed by atoms with Crippen molar-refractivity contribution in [3.8, 4) is 11.8 Å². The quantitative estimate of drug-likeness (QED) is 0.634. The number of hydrogen-bond acceptors (Lipinski definition) is 2.